The van der Waals surface area contributed by atoms with E-state index in [1.165, 1.54) is 0 Å². The smallest absolute Gasteiger partial charge is 0.124 e. The Morgan fingerprint density at radius 3 is 2.94 bits per heavy atom. The number of rotatable bonds is 4. The number of aromatic nitrogens is 2. The Balaban J connectivity index is 2.52. The molecule has 1 heterocycles. The van der Waals surface area contributed by atoms with Gasteiger partial charge in [-0.1, -0.05) is 18.7 Å². The molecule has 0 aliphatic heterocycles. The standard InChI is InChI=1S/C13H14N4/c1-10(8-15)9-17-12-5-3-2-4-11(12)16-13(17)6-7-14/h2-5H,1,6,8-9,15H2. The van der Waals surface area contributed by atoms with Gasteiger partial charge in [-0.05, 0) is 17.7 Å². The Bertz CT molecular complexity index is 589. The van der Waals surface area contributed by atoms with Gasteiger partial charge in [-0.2, -0.15) is 5.26 Å². The second-order valence-corrected chi connectivity index (χ2v) is 3.89. The van der Waals surface area contributed by atoms with Gasteiger partial charge in [-0.15, -0.1) is 0 Å². The predicted molar refractivity (Wildman–Crippen MR) is 67.2 cm³/mol. The summed E-state index contributed by atoms with van der Waals surface area (Å²) in [5.74, 6) is 0.767. The number of nitrogens with two attached hydrogens (primary N) is 1. The third kappa shape index (κ3) is 2.19. The molecule has 1 aromatic heterocycles. The van der Waals surface area contributed by atoms with Crippen LogP contribution in [0.5, 0.6) is 0 Å². The number of nitriles is 1. The molecule has 0 saturated carbocycles. The first-order valence-electron chi connectivity index (χ1n) is 5.44. The van der Waals surface area contributed by atoms with Crippen molar-refractivity contribution in [2.24, 2.45) is 5.73 Å². The second-order valence-electron chi connectivity index (χ2n) is 3.89. The minimum Gasteiger partial charge on any atom is -0.327 e. The number of hydrogen-bond acceptors (Lipinski definition) is 3. The summed E-state index contributed by atoms with van der Waals surface area (Å²) in [6, 6.07) is 9.97. The summed E-state index contributed by atoms with van der Waals surface area (Å²) < 4.78 is 2.01. The quantitative estimate of drug-likeness (QED) is 0.805. The van der Waals surface area contributed by atoms with Crippen LogP contribution in [0.2, 0.25) is 0 Å². The Kier molecular flexibility index (Phi) is 3.22. The average molecular weight is 226 g/mol. The van der Waals surface area contributed by atoms with Gasteiger partial charge < -0.3 is 10.3 Å². The van der Waals surface area contributed by atoms with Crippen molar-refractivity contribution in [2.75, 3.05) is 6.54 Å². The van der Waals surface area contributed by atoms with Crippen LogP contribution in [-0.2, 0) is 13.0 Å². The normalized spacial score (nSPS) is 10.4. The molecule has 0 amide bonds. The molecule has 0 radical (unpaired) electrons. The van der Waals surface area contributed by atoms with Gasteiger partial charge in [0.15, 0.2) is 0 Å². The Morgan fingerprint density at radius 1 is 1.47 bits per heavy atom. The van der Waals surface area contributed by atoms with Crippen LogP contribution in [-0.4, -0.2) is 16.1 Å². The lowest BCUT2D eigenvalue weighted by Crippen LogP contribution is -2.11. The highest BCUT2D eigenvalue weighted by atomic mass is 15.1. The van der Waals surface area contributed by atoms with Crippen LogP contribution in [0.3, 0.4) is 0 Å². The molecule has 4 heteroatoms. The molecule has 2 aromatic rings. The van der Waals surface area contributed by atoms with Crippen molar-refractivity contribution in [1.29, 1.82) is 5.26 Å². The van der Waals surface area contributed by atoms with Crippen LogP contribution < -0.4 is 5.73 Å². The van der Waals surface area contributed by atoms with Gasteiger partial charge in [0.1, 0.15) is 5.82 Å². The lowest BCUT2D eigenvalue weighted by atomic mass is 10.2. The van der Waals surface area contributed by atoms with Crippen molar-refractivity contribution >= 4 is 11.0 Å². The van der Waals surface area contributed by atoms with Crippen molar-refractivity contribution < 1.29 is 0 Å². The summed E-state index contributed by atoms with van der Waals surface area (Å²) >= 11 is 0. The number of imidazole rings is 1. The molecule has 4 nitrogen and oxygen atoms in total. The molecule has 0 spiro atoms. The van der Waals surface area contributed by atoms with Gasteiger partial charge in [-0.3, -0.25) is 0 Å². The third-order valence-corrected chi connectivity index (χ3v) is 2.64. The Labute approximate surface area is 100.0 Å². The highest BCUT2D eigenvalue weighted by molar-refractivity contribution is 5.76. The summed E-state index contributed by atoms with van der Waals surface area (Å²) in [5.41, 5.74) is 8.41. The SMILES string of the molecule is C=C(CN)Cn1c(CC#N)nc2ccccc21. The average Bonchev–Trinajstić information content (AvgIpc) is 2.68. The maximum absolute atomic E-state index is 8.81. The van der Waals surface area contributed by atoms with E-state index < -0.39 is 0 Å². The number of benzene rings is 1. The fraction of sp³-hybridized carbons (Fsp3) is 0.231. The molecule has 0 atom stereocenters. The zero-order chi connectivity index (χ0) is 12.3. The number of fused-ring (bicyclic) bond motifs is 1. The Morgan fingerprint density at radius 2 is 2.24 bits per heavy atom. The monoisotopic (exact) mass is 226 g/mol. The molecular formula is C13H14N4. The van der Waals surface area contributed by atoms with Crippen molar-refractivity contribution in [1.82, 2.24) is 9.55 Å². The van der Waals surface area contributed by atoms with Crippen LogP contribution in [0.15, 0.2) is 36.4 Å². The lowest BCUT2D eigenvalue weighted by Gasteiger charge is -2.08. The van der Waals surface area contributed by atoms with Crippen LogP contribution in [0.25, 0.3) is 11.0 Å². The molecule has 0 aliphatic carbocycles. The molecule has 0 aliphatic rings. The van der Waals surface area contributed by atoms with Gasteiger partial charge in [-0.25, -0.2) is 4.98 Å². The molecule has 0 unspecified atom stereocenters. The maximum atomic E-state index is 8.81. The Hall–Kier alpha value is -2.12. The summed E-state index contributed by atoms with van der Waals surface area (Å²) in [4.78, 5) is 4.45. The summed E-state index contributed by atoms with van der Waals surface area (Å²) in [5, 5.41) is 8.81. The number of hydrogen-bond donors (Lipinski definition) is 1. The van der Waals surface area contributed by atoms with Crippen LogP contribution in [0.1, 0.15) is 5.82 Å². The fourth-order valence-electron chi connectivity index (χ4n) is 1.80. The first kappa shape index (κ1) is 11.4. The topological polar surface area (TPSA) is 67.6 Å². The molecule has 0 saturated heterocycles. The molecule has 86 valence electrons. The second kappa shape index (κ2) is 4.81. The first-order valence-corrected chi connectivity index (χ1v) is 5.44. The minimum atomic E-state index is 0.298. The highest BCUT2D eigenvalue weighted by Gasteiger charge is 2.10. The molecule has 17 heavy (non-hydrogen) atoms. The molecule has 0 fully saturated rings. The molecule has 0 bridgehead atoms. The molecular weight excluding hydrogens is 212 g/mol. The maximum Gasteiger partial charge on any atom is 0.124 e. The van der Waals surface area contributed by atoms with E-state index in [9.17, 15) is 0 Å². The van der Waals surface area contributed by atoms with Crippen molar-refractivity contribution in [3.05, 3.63) is 42.2 Å². The van der Waals surface area contributed by atoms with Gasteiger partial charge in [0, 0.05) is 13.1 Å². The summed E-state index contributed by atoms with van der Waals surface area (Å²) in [7, 11) is 0. The van der Waals surface area contributed by atoms with Gasteiger partial charge in [0.2, 0.25) is 0 Å². The van der Waals surface area contributed by atoms with E-state index in [1.807, 2.05) is 28.8 Å². The van der Waals surface area contributed by atoms with Crippen molar-refractivity contribution in [3.8, 4) is 6.07 Å². The van der Waals surface area contributed by atoms with E-state index in [4.69, 9.17) is 11.0 Å². The van der Waals surface area contributed by atoms with Crippen LogP contribution in [0, 0.1) is 11.3 Å². The predicted octanol–water partition coefficient (Wildman–Crippen LogP) is 1.62. The molecule has 2 rings (SSSR count). The third-order valence-electron chi connectivity index (χ3n) is 2.64. The number of nitrogens with zero attached hydrogens (tertiary/aromatic N) is 3. The summed E-state index contributed by atoms with van der Waals surface area (Å²) in [6.07, 6.45) is 0.298. The van der Waals surface area contributed by atoms with E-state index in [0.29, 0.717) is 19.5 Å². The van der Waals surface area contributed by atoms with E-state index in [2.05, 4.69) is 17.6 Å². The molecule has 1 aromatic carbocycles. The zero-order valence-electron chi connectivity index (χ0n) is 9.56. The fourth-order valence-corrected chi connectivity index (χ4v) is 1.80. The van der Waals surface area contributed by atoms with Crippen molar-refractivity contribution in [2.45, 2.75) is 13.0 Å². The van der Waals surface area contributed by atoms with E-state index in [0.717, 1.165) is 22.4 Å². The molecule has 2 N–H and O–H groups in total. The largest absolute Gasteiger partial charge is 0.327 e. The zero-order valence-corrected chi connectivity index (χ0v) is 9.56. The van der Waals surface area contributed by atoms with E-state index in [-0.39, 0.29) is 0 Å². The highest BCUT2D eigenvalue weighted by Crippen LogP contribution is 2.17. The van der Waals surface area contributed by atoms with E-state index >= 15 is 0 Å². The van der Waals surface area contributed by atoms with Crippen LogP contribution >= 0.6 is 0 Å². The van der Waals surface area contributed by atoms with Crippen molar-refractivity contribution in [3.63, 3.8) is 0 Å². The van der Waals surface area contributed by atoms with Crippen LogP contribution in [0.4, 0.5) is 0 Å². The van der Waals surface area contributed by atoms with Gasteiger partial charge in [0.25, 0.3) is 0 Å². The summed E-state index contributed by atoms with van der Waals surface area (Å²) in [6.45, 7) is 4.96. The van der Waals surface area contributed by atoms with Gasteiger partial charge in [0.05, 0.1) is 23.5 Å². The first-order chi connectivity index (χ1) is 8.26. The van der Waals surface area contributed by atoms with Gasteiger partial charge >= 0.3 is 0 Å². The van der Waals surface area contributed by atoms with E-state index in [1.54, 1.807) is 0 Å². The lowest BCUT2D eigenvalue weighted by molar-refractivity contribution is 0.747. The minimum absolute atomic E-state index is 0.298. The number of para-hydroxylation sites is 2.